The average Bonchev–Trinajstić information content (AvgIpc) is 2.82. The molecule has 0 radical (unpaired) electrons. The van der Waals surface area contributed by atoms with Crippen molar-refractivity contribution in [2.45, 2.75) is 13.0 Å². The van der Waals surface area contributed by atoms with E-state index in [9.17, 15) is 4.79 Å². The van der Waals surface area contributed by atoms with Gasteiger partial charge in [0.05, 0.1) is 17.1 Å². The monoisotopic (exact) mass is 324 g/mol. The Kier molecular flexibility index (Phi) is 5.09. The van der Waals surface area contributed by atoms with Crippen molar-refractivity contribution in [3.05, 3.63) is 45.1 Å². The van der Waals surface area contributed by atoms with E-state index in [4.69, 9.17) is 16.7 Å². The normalized spacial score (nSPS) is 10.4. The molecule has 0 unspecified atom stereocenters. The lowest BCUT2D eigenvalue weighted by atomic mass is 10.2. The third-order valence-corrected chi connectivity index (χ3v) is 4.33. The summed E-state index contributed by atoms with van der Waals surface area (Å²) >= 11 is 7.73. The summed E-state index contributed by atoms with van der Waals surface area (Å²) in [5.41, 5.74) is 1.92. The zero-order chi connectivity index (χ0) is 15.4. The fraction of sp³-hybridized carbons (Fsp3) is 0.267. The van der Waals surface area contributed by atoms with Crippen LogP contribution in [0.3, 0.4) is 0 Å². The highest BCUT2D eigenvalue weighted by atomic mass is 35.5. The van der Waals surface area contributed by atoms with Crippen LogP contribution in [-0.2, 0) is 17.8 Å². The Morgan fingerprint density at radius 1 is 1.29 bits per heavy atom. The van der Waals surface area contributed by atoms with E-state index in [-0.39, 0.29) is 6.42 Å². The zero-order valence-electron chi connectivity index (χ0n) is 11.9. The van der Waals surface area contributed by atoms with E-state index in [1.165, 1.54) is 11.3 Å². The van der Waals surface area contributed by atoms with Gasteiger partial charge in [0.2, 0.25) is 0 Å². The molecule has 2 aromatic rings. The van der Waals surface area contributed by atoms with Crippen molar-refractivity contribution in [2.75, 3.05) is 24.3 Å². The van der Waals surface area contributed by atoms with Crippen molar-refractivity contribution in [1.29, 1.82) is 0 Å². The second-order valence-corrected chi connectivity index (χ2v) is 6.51. The van der Waals surface area contributed by atoms with Gasteiger partial charge in [-0.2, -0.15) is 0 Å². The molecule has 1 aromatic heterocycles. The molecule has 0 spiro atoms. The van der Waals surface area contributed by atoms with Crippen molar-refractivity contribution in [3.63, 3.8) is 0 Å². The molecule has 0 atom stereocenters. The molecule has 4 nitrogen and oxygen atoms in total. The predicted octanol–water partition coefficient (Wildman–Crippen LogP) is 3.71. The van der Waals surface area contributed by atoms with Crippen LogP contribution >= 0.6 is 22.9 Å². The van der Waals surface area contributed by atoms with Crippen molar-refractivity contribution in [1.82, 2.24) is 0 Å². The average molecular weight is 325 g/mol. The number of aliphatic carboxylic acids is 1. The van der Waals surface area contributed by atoms with Crippen LogP contribution in [0.25, 0.3) is 0 Å². The van der Waals surface area contributed by atoms with E-state index in [2.05, 4.69) is 5.32 Å². The highest BCUT2D eigenvalue weighted by Gasteiger charge is 2.06. The Balaban J connectivity index is 1.98. The van der Waals surface area contributed by atoms with Crippen LogP contribution < -0.4 is 10.2 Å². The third-order valence-electron chi connectivity index (χ3n) is 2.94. The summed E-state index contributed by atoms with van der Waals surface area (Å²) in [7, 11) is 3.90. The standard InChI is InChI=1S/C15H17ClN2O2S/c1-18(2)14-6-3-10(7-13(14)16)17-9-12-5-4-11(21-12)8-15(19)20/h3-7,17H,8-9H2,1-2H3,(H,19,20). The van der Waals surface area contributed by atoms with Gasteiger partial charge in [0, 0.05) is 36.1 Å². The minimum atomic E-state index is -0.803. The second kappa shape index (κ2) is 6.83. The van der Waals surface area contributed by atoms with E-state index in [1.807, 2.05) is 49.3 Å². The fourth-order valence-electron chi connectivity index (χ4n) is 1.93. The van der Waals surface area contributed by atoms with Crippen LogP contribution in [0.4, 0.5) is 11.4 Å². The Labute approximate surface area is 133 Å². The number of carbonyl (C=O) groups is 1. The first-order chi connectivity index (χ1) is 9.95. The van der Waals surface area contributed by atoms with Gasteiger partial charge in [-0.05, 0) is 30.3 Å². The molecule has 21 heavy (non-hydrogen) atoms. The number of nitrogens with zero attached hydrogens (tertiary/aromatic N) is 1. The molecular weight excluding hydrogens is 308 g/mol. The molecule has 0 saturated carbocycles. The molecular formula is C15H17ClN2O2S. The van der Waals surface area contributed by atoms with E-state index in [0.717, 1.165) is 21.1 Å². The minimum Gasteiger partial charge on any atom is -0.481 e. The van der Waals surface area contributed by atoms with Crippen LogP contribution in [0.1, 0.15) is 9.75 Å². The van der Waals surface area contributed by atoms with Crippen LogP contribution in [0.15, 0.2) is 30.3 Å². The maximum Gasteiger partial charge on any atom is 0.308 e. The molecule has 1 heterocycles. The number of hydrogen-bond acceptors (Lipinski definition) is 4. The number of carboxylic acids is 1. The molecule has 2 N–H and O–H groups in total. The number of thiophene rings is 1. The number of hydrogen-bond donors (Lipinski definition) is 2. The highest BCUT2D eigenvalue weighted by molar-refractivity contribution is 7.12. The SMILES string of the molecule is CN(C)c1ccc(NCc2ccc(CC(=O)O)s2)cc1Cl. The van der Waals surface area contributed by atoms with Gasteiger partial charge < -0.3 is 15.3 Å². The Morgan fingerprint density at radius 2 is 2.00 bits per heavy atom. The molecule has 2 rings (SSSR count). The third kappa shape index (κ3) is 4.37. The van der Waals surface area contributed by atoms with Crippen molar-refractivity contribution < 1.29 is 9.90 Å². The molecule has 6 heteroatoms. The van der Waals surface area contributed by atoms with Gasteiger partial charge in [-0.1, -0.05) is 11.6 Å². The first-order valence-electron chi connectivity index (χ1n) is 6.46. The maximum absolute atomic E-state index is 10.7. The van der Waals surface area contributed by atoms with Crippen LogP contribution in [-0.4, -0.2) is 25.2 Å². The molecule has 1 aromatic carbocycles. The van der Waals surface area contributed by atoms with Gasteiger partial charge in [-0.3, -0.25) is 4.79 Å². The largest absolute Gasteiger partial charge is 0.481 e. The molecule has 0 bridgehead atoms. The minimum absolute atomic E-state index is 0.0774. The topological polar surface area (TPSA) is 52.6 Å². The molecule has 0 aliphatic rings. The molecule has 0 amide bonds. The van der Waals surface area contributed by atoms with Gasteiger partial charge in [-0.15, -0.1) is 11.3 Å². The number of rotatable bonds is 6. The van der Waals surface area contributed by atoms with Crippen molar-refractivity contribution >= 4 is 40.3 Å². The molecule has 0 aliphatic carbocycles. The fourth-order valence-corrected chi connectivity index (χ4v) is 3.23. The van der Waals surface area contributed by atoms with Gasteiger partial charge in [0.1, 0.15) is 0 Å². The Morgan fingerprint density at radius 3 is 2.62 bits per heavy atom. The highest BCUT2D eigenvalue weighted by Crippen LogP contribution is 2.28. The predicted molar refractivity (Wildman–Crippen MR) is 88.8 cm³/mol. The summed E-state index contributed by atoms with van der Waals surface area (Å²) in [5.74, 6) is -0.803. The summed E-state index contributed by atoms with van der Waals surface area (Å²) in [6, 6.07) is 9.65. The van der Waals surface area contributed by atoms with Gasteiger partial charge in [0.15, 0.2) is 0 Å². The summed E-state index contributed by atoms with van der Waals surface area (Å²) in [6.45, 7) is 0.655. The summed E-state index contributed by atoms with van der Waals surface area (Å²) in [6.07, 6.45) is 0.0774. The lowest BCUT2D eigenvalue weighted by molar-refractivity contribution is -0.136. The number of anilines is 2. The van der Waals surface area contributed by atoms with Gasteiger partial charge in [-0.25, -0.2) is 0 Å². The number of carboxylic acid groups (broad SMARTS) is 1. The Hall–Kier alpha value is -1.72. The van der Waals surface area contributed by atoms with Crippen LogP contribution in [0, 0.1) is 0 Å². The number of nitrogens with one attached hydrogen (secondary N) is 1. The number of benzene rings is 1. The Bertz CT molecular complexity index is 640. The maximum atomic E-state index is 10.7. The molecule has 0 fully saturated rings. The first kappa shape index (κ1) is 15.7. The van der Waals surface area contributed by atoms with E-state index >= 15 is 0 Å². The molecule has 0 saturated heterocycles. The van der Waals surface area contributed by atoms with E-state index < -0.39 is 5.97 Å². The molecule has 0 aliphatic heterocycles. The summed E-state index contributed by atoms with van der Waals surface area (Å²) in [4.78, 5) is 14.6. The first-order valence-corrected chi connectivity index (χ1v) is 7.65. The lowest BCUT2D eigenvalue weighted by Gasteiger charge is -2.15. The molecule has 112 valence electrons. The zero-order valence-corrected chi connectivity index (χ0v) is 13.5. The van der Waals surface area contributed by atoms with Crippen molar-refractivity contribution in [3.8, 4) is 0 Å². The van der Waals surface area contributed by atoms with Crippen LogP contribution in [0.5, 0.6) is 0 Å². The van der Waals surface area contributed by atoms with E-state index in [1.54, 1.807) is 0 Å². The van der Waals surface area contributed by atoms with Crippen molar-refractivity contribution in [2.24, 2.45) is 0 Å². The van der Waals surface area contributed by atoms with Crippen LogP contribution in [0.2, 0.25) is 5.02 Å². The number of halogens is 1. The summed E-state index contributed by atoms with van der Waals surface area (Å²) < 4.78 is 0. The van der Waals surface area contributed by atoms with Gasteiger partial charge >= 0.3 is 5.97 Å². The van der Waals surface area contributed by atoms with Gasteiger partial charge in [0.25, 0.3) is 0 Å². The smallest absolute Gasteiger partial charge is 0.308 e. The van der Waals surface area contributed by atoms with E-state index in [0.29, 0.717) is 11.6 Å². The lowest BCUT2D eigenvalue weighted by Crippen LogP contribution is -2.09. The quantitative estimate of drug-likeness (QED) is 0.850. The summed E-state index contributed by atoms with van der Waals surface area (Å²) in [5, 5.41) is 12.7. The second-order valence-electron chi connectivity index (χ2n) is 4.85.